The number of rotatable bonds is 2. The number of amides is 1. The molecular formula is C13H22N2O2. The van der Waals surface area contributed by atoms with Gasteiger partial charge in [-0.2, -0.15) is 0 Å². The maximum absolute atomic E-state index is 12.3. The minimum absolute atomic E-state index is 0.169. The van der Waals surface area contributed by atoms with E-state index in [0.717, 1.165) is 32.5 Å². The first-order valence-electron chi connectivity index (χ1n) is 6.97. The zero-order valence-electron chi connectivity index (χ0n) is 10.3. The Morgan fingerprint density at radius 2 is 2.12 bits per heavy atom. The highest BCUT2D eigenvalue weighted by atomic mass is 16.5. The van der Waals surface area contributed by atoms with Gasteiger partial charge < -0.3 is 15.4 Å². The van der Waals surface area contributed by atoms with Crippen LogP contribution >= 0.6 is 0 Å². The SMILES string of the molecule is O=C(NC1CCC1)[C@@H]1CCO[C@@H]2CCNC[C@@H]21. The molecule has 2 aliphatic heterocycles. The number of fused-ring (bicyclic) bond motifs is 1. The fourth-order valence-corrected chi connectivity index (χ4v) is 3.21. The summed E-state index contributed by atoms with van der Waals surface area (Å²) in [5.74, 6) is 0.830. The number of hydrogen-bond acceptors (Lipinski definition) is 3. The second-order valence-corrected chi connectivity index (χ2v) is 5.60. The maximum Gasteiger partial charge on any atom is 0.223 e. The van der Waals surface area contributed by atoms with Crippen LogP contribution in [-0.2, 0) is 9.53 Å². The number of carbonyl (C=O) groups excluding carboxylic acids is 1. The Hall–Kier alpha value is -0.610. The third kappa shape index (κ3) is 2.33. The van der Waals surface area contributed by atoms with E-state index >= 15 is 0 Å². The molecule has 1 amide bonds. The van der Waals surface area contributed by atoms with Crippen molar-refractivity contribution in [1.82, 2.24) is 10.6 Å². The monoisotopic (exact) mass is 238 g/mol. The van der Waals surface area contributed by atoms with Crippen molar-refractivity contribution in [2.45, 2.75) is 44.2 Å². The summed E-state index contributed by atoms with van der Waals surface area (Å²) in [5.41, 5.74) is 0. The lowest BCUT2D eigenvalue weighted by molar-refractivity contribution is -0.138. The fourth-order valence-electron chi connectivity index (χ4n) is 3.21. The molecule has 0 radical (unpaired) electrons. The quantitative estimate of drug-likeness (QED) is 0.743. The molecule has 3 aliphatic rings. The molecule has 0 unspecified atom stereocenters. The zero-order valence-corrected chi connectivity index (χ0v) is 10.3. The van der Waals surface area contributed by atoms with Crippen molar-refractivity contribution < 1.29 is 9.53 Å². The van der Waals surface area contributed by atoms with Gasteiger partial charge in [-0.15, -0.1) is 0 Å². The van der Waals surface area contributed by atoms with Crippen LogP contribution in [0.1, 0.15) is 32.1 Å². The van der Waals surface area contributed by atoms with E-state index in [1.165, 1.54) is 19.3 Å². The molecule has 0 aromatic heterocycles. The Balaban J connectivity index is 1.61. The van der Waals surface area contributed by atoms with E-state index in [9.17, 15) is 4.79 Å². The highest BCUT2D eigenvalue weighted by Crippen LogP contribution is 2.31. The summed E-state index contributed by atoms with van der Waals surface area (Å²) in [5, 5.41) is 6.59. The topological polar surface area (TPSA) is 50.4 Å². The second kappa shape index (κ2) is 4.94. The Labute approximate surface area is 102 Å². The normalized spacial score (nSPS) is 38.0. The van der Waals surface area contributed by atoms with Gasteiger partial charge in [0.2, 0.25) is 5.91 Å². The van der Waals surface area contributed by atoms with Crippen LogP contribution < -0.4 is 10.6 Å². The molecule has 96 valence electrons. The molecule has 1 aliphatic carbocycles. The van der Waals surface area contributed by atoms with Gasteiger partial charge in [-0.25, -0.2) is 0 Å². The van der Waals surface area contributed by atoms with E-state index in [2.05, 4.69) is 10.6 Å². The first-order chi connectivity index (χ1) is 8.34. The molecule has 0 spiro atoms. The van der Waals surface area contributed by atoms with Gasteiger partial charge >= 0.3 is 0 Å². The van der Waals surface area contributed by atoms with E-state index < -0.39 is 0 Å². The lowest BCUT2D eigenvalue weighted by Gasteiger charge is -2.41. The van der Waals surface area contributed by atoms with Gasteiger partial charge in [0.15, 0.2) is 0 Å². The molecule has 0 aromatic rings. The summed E-state index contributed by atoms with van der Waals surface area (Å²) in [6.07, 6.45) is 5.86. The predicted molar refractivity (Wildman–Crippen MR) is 64.6 cm³/mol. The average molecular weight is 238 g/mol. The molecule has 4 heteroatoms. The summed E-state index contributed by atoms with van der Waals surface area (Å²) in [4.78, 5) is 12.3. The highest BCUT2D eigenvalue weighted by Gasteiger charge is 2.40. The van der Waals surface area contributed by atoms with Crippen LogP contribution in [0.5, 0.6) is 0 Å². The Kier molecular flexibility index (Phi) is 3.34. The van der Waals surface area contributed by atoms with Gasteiger partial charge in [-0.1, -0.05) is 0 Å². The number of nitrogens with one attached hydrogen (secondary N) is 2. The largest absolute Gasteiger partial charge is 0.378 e. The van der Waals surface area contributed by atoms with Crippen molar-refractivity contribution >= 4 is 5.91 Å². The molecule has 4 nitrogen and oxygen atoms in total. The Morgan fingerprint density at radius 3 is 2.88 bits per heavy atom. The van der Waals surface area contributed by atoms with E-state index in [4.69, 9.17) is 4.74 Å². The highest BCUT2D eigenvalue weighted by molar-refractivity contribution is 5.79. The lowest BCUT2D eigenvalue weighted by Crippen LogP contribution is -2.53. The van der Waals surface area contributed by atoms with Crippen molar-refractivity contribution in [3.63, 3.8) is 0 Å². The van der Waals surface area contributed by atoms with Crippen LogP contribution in [-0.4, -0.2) is 37.7 Å². The predicted octanol–water partition coefficient (Wildman–Crippen LogP) is 0.670. The molecule has 17 heavy (non-hydrogen) atoms. The zero-order chi connectivity index (χ0) is 11.7. The molecular weight excluding hydrogens is 216 g/mol. The molecule has 3 rings (SSSR count). The maximum atomic E-state index is 12.3. The van der Waals surface area contributed by atoms with E-state index in [1.807, 2.05) is 0 Å². The first kappa shape index (κ1) is 11.5. The lowest BCUT2D eigenvalue weighted by atomic mass is 9.79. The summed E-state index contributed by atoms with van der Waals surface area (Å²) >= 11 is 0. The third-order valence-electron chi connectivity index (χ3n) is 4.53. The molecule has 2 heterocycles. The standard InChI is InChI=1S/C13H22N2O2/c16-13(15-9-2-1-3-9)10-5-7-17-12-4-6-14-8-11(10)12/h9-12,14H,1-8H2,(H,15,16)/t10-,11-,12-/m1/s1. The van der Waals surface area contributed by atoms with Crippen LogP contribution in [0.2, 0.25) is 0 Å². The van der Waals surface area contributed by atoms with Crippen molar-refractivity contribution in [2.75, 3.05) is 19.7 Å². The summed E-state index contributed by atoms with van der Waals surface area (Å²) in [7, 11) is 0. The van der Waals surface area contributed by atoms with Gasteiger partial charge in [-0.3, -0.25) is 4.79 Å². The molecule has 2 saturated heterocycles. The van der Waals surface area contributed by atoms with Crippen LogP contribution in [0.15, 0.2) is 0 Å². The number of hydrogen-bond donors (Lipinski definition) is 2. The van der Waals surface area contributed by atoms with Crippen molar-refractivity contribution in [1.29, 1.82) is 0 Å². The second-order valence-electron chi connectivity index (χ2n) is 5.60. The minimum Gasteiger partial charge on any atom is -0.378 e. The summed E-state index contributed by atoms with van der Waals surface area (Å²) < 4.78 is 5.79. The summed E-state index contributed by atoms with van der Waals surface area (Å²) in [6, 6.07) is 0.459. The van der Waals surface area contributed by atoms with Crippen molar-refractivity contribution in [3.05, 3.63) is 0 Å². The third-order valence-corrected chi connectivity index (χ3v) is 4.53. The number of ether oxygens (including phenoxy) is 1. The van der Waals surface area contributed by atoms with Gasteiger partial charge in [-0.05, 0) is 38.6 Å². The van der Waals surface area contributed by atoms with Crippen LogP contribution in [0.4, 0.5) is 0 Å². The number of piperidine rings is 1. The smallest absolute Gasteiger partial charge is 0.223 e. The van der Waals surface area contributed by atoms with E-state index in [-0.39, 0.29) is 11.8 Å². The van der Waals surface area contributed by atoms with Gasteiger partial charge in [0.05, 0.1) is 6.10 Å². The van der Waals surface area contributed by atoms with Crippen molar-refractivity contribution in [2.24, 2.45) is 11.8 Å². The van der Waals surface area contributed by atoms with E-state index in [0.29, 0.717) is 18.1 Å². The number of carbonyl (C=O) groups is 1. The van der Waals surface area contributed by atoms with Gasteiger partial charge in [0.1, 0.15) is 0 Å². The first-order valence-corrected chi connectivity index (χ1v) is 6.97. The molecule has 0 bridgehead atoms. The molecule has 3 fully saturated rings. The average Bonchev–Trinajstić information content (AvgIpc) is 2.33. The van der Waals surface area contributed by atoms with Crippen molar-refractivity contribution in [3.8, 4) is 0 Å². The molecule has 0 aromatic carbocycles. The van der Waals surface area contributed by atoms with Crippen LogP contribution in [0.3, 0.4) is 0 Å². The molecule has 2 N–H and O–H groups in total. The van der Waals surface area contributed by atoms with Gasteiger partial charge in [0.25, 0.3) is 0 Å². The van der Waals surface area contributed by atoms with Crippen LogP contribution in [0.25, 0.3) is 0 Å². The van der Waals surface area contributed by atoms with Gasteiger partial charge in [0, 0.05) is 31.0 Å². The fraction of sp³-hybridized carbons (Fsp3) is 0.923. The summed E-state index contributed by atoms with van der Waals surface area (Å²) in [6.45, 7) is 2.72. The minimum atomic E-state index is 0.169. The molecule has 1 saturated carbocycles. The van der Waals surface area contributed by atoms with Crippen LogP contribution in [0, 0.1) is 11.8 Å². The Bertz CT molecular complexity index is 289. The van der Waals surface area contributed by atoms with E-state index in [1.54, 1.807) is 0 Å². The Morgan fingerprint density at radius 1 is 1.24 bits per heavy atom. The molecule has 3 atom stereocenters.